The van der Waals surface area contributed by atoms with E-state index in [0.717, 1.165) is 4.47 Å². The Bertz CT molecular complexity index is 528. The SMILES string of the molecule is [2H]c1nc([2H])c([2H])c(-c2ccc(Br)cc2)n1. The standard InChI is InChI=1S/C10H7BrN2/c11-9-3-1-8(2-4-9)10-5-6-12-7-13-10/h1-7H/i5D,6D,7D. The third-order valence-electron chi connectivity index (χ3n) is 1.56. The molecule has 0 saturated heterocycles. The van der Waals surface area contributed by atoms with Crippen LogP contribution in [0.5, 0.6) is 0 Å². The number of rotatable bonds is 1. The van der Waals surface area contributed by atoms with Gasteiger partial charge in [0.2, 0.25) is 0 Å². The molecule has 0 unspecified atom stereocenters. The Balaban J connectivity index is 2.59. The molecule has 3 heteroatoms. The van der Waals surface area contributed by atoms with Crippen LogP contribution in [0.25, 0.3) is 11.3 Å². The van der Waals surface area contributed by atoms with Crippen LogP contribution in [0.1, 0.15) is 4.11 Å². The molecule has 0 fully saturated rings. The van der Waals surface area contributed by atoms with E-state index in [1.807, 2.05) is 12.1 Å². The first-order chi connectivity index (χ1) is 7.58. The Morgan fingerprint density at radius 1 is 1.23 bits per heavy atom. The fraction of sp³-hybridized carbons (Fsp3) is 0. The first-order valence-corrected chi connectivity index (χ1v) is 4.45. The van der Waals surface area contributed by atoms with Gasteiger partial charge in [0.05, 0.1) is 8.44 Å². The van der Waals surface area contributed by atoms with Gasteiger partial charge < -0.3 is 0 Å². The summed E-state index contributed by atoms with van der Waals surface area (Å²) in [7, 11) is 0. The minimum Gasteiger partial charge on any atom is -0.245 e. The second-order valence-corrected chi connectivity index (χ2v) is 3.33. The molecule has 13 heavy (non-hydrogen) atoms. The summed E-state index contributed by atoms with van der Waals surface area (Å²) in [4.78, 5) is 7.37. The van der Waals surface area contributed by atoms with E-state index >= 15 is 0 Å². The summed E-state index contributed by atoms with van der Waals surface area (Å²) in [5.74, 6) is 0. The van der Waals surface area contributed by atoms with Crippen LogP contribution >= 0.6 is 15.9 Å². The highest BCUT2D eigenvalue weighted by Crippen LogP contribution is 2.18. The van der Waals surface area contributed by atoms with Crippen molar-refractivity contribution >= 4 is 15.9 Å². The van der Waals surface area contributed by atoms with Gasteiger partial charge in [-0.15, -0.1) is 0 Å². The van der Waals surface area contributed by atoms with E-state index < -0.39 is 0 Å². The molecular weight excluding hydrogens is 228 g/mol. The number of benzene rings is 1. The topological polar surface area (TPSA) is 25.8 Å². The molecule has 0 bridgehead atoms. The highest BCUT2D eigenvalue weighted by atomic mass is 79.9. The molecule has 0 aliphatic heterocycles. The fourth-order valence-electron chi connectivity index (χ4n) is 0.953. The lowest BCUT2D eigenvalue weighted by molar-refractivity contribution is 1.17. The predicted molar refractivity (Wildman–Crippen MR) is 55.2 cm³/mol. The first-order valence-electron chi connectivity index (χ1n) is 5.15. The third-order valence-corrected chi connectivity index (χ3v) is 2.09. The van der Waals surface area contributed by atoms with Crippen LogP contribution in [-0.2, 0) is 0 Å². The summed E-state index contributed by atoms with van der Waals surface area (Å²) in [5, 5.41) is 0. The van der Waals surface area contributed by atoms with Gasteiger partial charge in [-0.05, 0) is 18.2 Å². The molecule has 1 aromatic heterocycles. The Morgan fingerprint density at radius 2 is 2.00 bits per heavy atom. The molecule has 0 spiro atoms. The van der Waals surface area contributed by atoms with Crippen molar-refractivity contribution in [1.29, 1.82) is 0 Å². The Labute approximate surface area is 89.0 Å². The molecule has 0 radical (unpaired) electrons. The molecule has 2 nitrogen and oxygen atoms in total. The van der Waals surface area contributed by atoms with Crippen molar-refractivity contribution in [1.82, 2.24) is 9.97 Å². The molecule has 2 rings (SSSR count). The van der Waals surface area contributed by atoms with Gasteiger partial charge >= 0.3 is 0 Å². The van der Waals surface area contributed by atoms with Gasteiger partial charge in [0, 0.05) is 16.2 Å². The van der Waals surface area contributed by atoms with Gasteiger partial charge in [0.15, 0.2) is 0 Å². The maximum absolute atomic E-state index is 7.68. The van der Waals surface area contributed by atoms with Crippen molar-refractivity contribution in [2.75, 3.05) is 0 Å². The van der Waals surface area contributed by atoms with Crippen LogP contribution in [0.3, 0.4) is 0 Å². The average Bonchev–Trinajstić information content (AvgIpc) is 2.25. The molecule has 0 atom stereocenters. The molecule has 0 N–H and O–H groups in total. The van der Waals surface area contributed by atoms with Crippen LogP contribution in [-0.4, -0.2) is 9.97 Å². The van der Waals surface area contributed by atoms with Crippen molar-refractivity contribution in [3.63, 3.8) is 0 Å². The second kappa shape index (κ2) is 3.66. The van der Waals surface area contributed by atoms with Gasteiger partial charge in [0.1, 0.15) is 7.67 Å². The van der Waals surface area contributed by atoms with E-state index in [1.54, 1.807) is 12.1 Å². The highest BCUT2D eigenvalue weighted by Gasteiger charge is 1.96. The monoisotopic (exact) mass is 237 g/mol. The number of nitrogens with zero attached hydrogens (tertiary/aromatic N) is 2. The van der Waals surface area contributed by atoms with Gasteiger partial charge in [-0.25, -0.2) is 9.97 Å². The first kappa shape index (κ1) is 5.50. The van der Waals surface area contributed by atoms with E-state index in [4.69, 9.17) is 4.11 Å². The summed E-state index contributed by atoms with van der Waals surface area (Å²) in [5.41, 5.74) is 1.02. The van der Waals surface area contributed by atoms with Crippen molar-refractivity contribution in [3.05, 3.63) is 47.3 Å². The Kier molecular flexibility index (Phi) is 1.55. The molecule has 0 aliphatic rings. The van der Waals surface area contributed by atoms with Crippen molar-refractivity contribution in [2.45, 2.75) is 0 Å². The summed E-state index contributed by atoms with van der Waals surface area (Å²) in [6.07, 6.45) is -0.461. The molecule has 0 aliphatic carbocycles. The van der Waals surface area contributed by atoms with Crippen molar-refractivity contribution in [3.8, 4) is 11.3 Å². The summed E-state index contributed by atoms with van der Waals surface area (Å²) < 4.78 is 23.4. The lowest BCUT2D eigenvalue weighted by Gasteiger charge is -1.98. The zero-order valence-corrected chi connectivity index (χ0v) is 8.17. The quantitative estimate of drug-likeness (QED) is 0.763. The molecule has 0 amide bonds. The second-order valence-electron chi connectivity index (χ2n) is 2.42. The van der Waals surface area contributed by atoms with Gasteiger partial charge in [-0.1, -0.05) is 28.1 Å². The van der Waals surface area contributed by atoms with E-state index in [1.165, 1.54) is 0 Å². The zero-order chi connectivity index (χ0) is 11.7. The summed E-state index contributed by atoms with van der Waals surface area (Å²) >= 11 is 3.31. The van der Waals surface area contributed by atoms with Crippen molar-refractivity contribution < 1.29 is 4.11 Å². The van der Waals surface area contributed by atoms with Crippen LogP contribution in [0.2, 0.25) is 0 Å². The minimum absolute atomic E-state index is 0.0571. The smallest absolute Gasteiger partial charge is 0.116 e. The van der Waals surface area contributed by atoms with Crippen molar-refractivity contribution in [2.24, 2.45) is 0 Å². The molecular formula is C10H7BrN2. The van der Waals surface area contributed by atoms with E-state index in [0.29, 0.717) is 11.3 Å². The molecule has 2 aromatic rings. The Morgan fingerprint density at radius 3 is 2.77 bits per heavy atom. The average molecular weight is 238 g/mol. The molecule has 0 saturated carbocycles. The van der Waals surface area contributed by atoms with E-state index in [2.05, 4.69) is 25.9 Å². The predicted octanol–water partition coefficient (Wildman–Crippen LogP) is 2.91. The lowest BCUT2D eigenvalue weighted by atomic mass is 10.1. The normalized spacial score (nSPS) is 13.2. The van der Waals surface area contributed by atoms with Crippen LogP contribution < -0.4 is 0 Å². The summed E-state index contributed by atoms with van der Waals surface area (Å²) in [6.45, 7) is 0. The lowest BCUT2D eigenvalue weighted by Crippen LogP contribution is -1.82. The van der Waals surface area contributed by atoms with E-state index in [-0.39, 0.29) is 18.5 Å². The number of hydrogen-bond acceptors (Lipinski definition) is 2. The fourth-order valence-corrected chi connectivity index (χ4v) is 1.22. The summed E-state index contributed by atoms with van der Waals surface area (Å²) in [6, 6.07) is 7.15. The molecule has 1 aromatic carbocycles. The van der Waals surface area contributed by atoms with Gasteiger partial charge in [0.25, 0.3) is 0 Å². The Hall–Kier alpha value is -1.22. The zero-order valence-electron chi connectivity index (χ0n) is 9.58. The van der Waals surface area contributed by atoms with Gasteiger partial charge in [-0.2, -0.15) is 0 Å². The van der Waals surface area contributed by atoms with E-state index in [9.17, 15) is 0 Å². The van der Waals surface area contributed by atoms with Crippen LogP contribution in [0, 0.1) is 0 Å². The number of aromatic nitrogens is 2. The number of hydrogen-bond donors (Lipinski definition) is 0. The third kappa shape index (κ3) is 1.92. The highest BCUT2D eigenvalue weighted by molar-refractivity contribution is 9.10. The maximum atomic E-state index is 7.68. The molecule has 64 valence electrons. The molecule has 1 heterocycles. The minimum atomic E-state index is -0.237. The van der Waals surface area contributed by atoms with Gasteiger partial charge in [-0.3, -0.25) is 0 Å². The number of halogens is 1. The van der Waals surface area contributed by atoms with Crippen LogP contribution in [0.4, 0.5) is 0 Å². The largest absolute Gasteiger partial charge is 0.245 e. The van der Waals surface area contributed by atoms with Crippen LogP contribution in [0.15, 0.2) is 47.3 Å². The maximum Gasteiger partial charge on any atom is 0.116 e.